The fraction of sp³-hybridized carbons (Fsp3) is 0.929. The minimum absolute atomic E-state index is 0.0146. The van der Waals surface area contributed by atoms with Gasteiger partial charge < -0.3 is 4.74 Å². The van der Waals surface area contributed by atoms with E-state index >= 15 is 0 Å². The second kappa shape index (κ2) is 5.20. The summed E-state index contributed by atoms with van der Waals surface area (Å²) < 4.78 is 5.56. The van der Waals surface area contributed by atoms with Gasteiger partial charge >= 0.3 is 5.97 Å². The summed E-state index contributed by atoms with van der Waals surface area (Å²) in [7, 11) is 0. The number of carbonyl (C=O) groups excluding carboxylic acids is 1. The van der Waals surface area contributed by atoms with Gasteiger partial charge in [0.1, 0.15) is 6.10 Å². The van der Waals surface area contributed by atoms with Crippen molar-refractivity contribution in [3.63, 3.8) is 0 Å². The van der Waals surface area contributed by atoms with E-state index in [4.69, 9.17) is 4.74 Å². The molecular formula is C14H24O2. The molecule has 92 valence electrons. The Kier molecular flexibility index (Phi) is 3.88. The van der Waals surface area contributed by atoms with Crippen molar-refractivity contribution in [3.05, 3.63) is 0 Å². The van der Waals surface area contributed by atoms with E-state index in [1.807, 2.05) is 13.8 Å². The molecule has 2 rings (SSSR count). The molecule has 2 nitrogen and oxygen atoms in total. The van der Waals surface area contributed by atoms with Crippen LogP contribution in [0.1, 0.15) is 58.8 Å². The Bertz CT molecular complexity index is 247. The van der Waals surface area contributed by atoms with Crippen LogP contribution in [0.3, 0.4) is 0 Å². The highest BCUT2D eigenvalue weighted by atomic mass is 16.5. The van der Waals surface area contributed by atoms with Crippen LogP contribution in [0.25, 0.3) is 0 Å². The first kappa shape index (κ1) is 11.9. The first-order chi connectivity index (χ1) is 7.66. The summed E-state index contributed by atoms with van der Waals surface area (Å²) in [6.45, 7) is 3.82. The standard InChI is InChI=1S/C14H24O2/c1-10(2)14(15)16-13-8-7-11-5-3-4-6-12(11)9-13/h10-13H,3-9H2,1-2H3/t11-,12-,13-/m1/s1. The summed E-state index contributed by atoms with van der Waals surface area (Å²) in [5.74, 6) is 1.78. The normalized spacial score (nSPS) is 34.6. The lowest BCUT2D eigenvalue weighted by atomic mass is 9.70. The van der Waals surface area contributed by atoms with Gasteiger partial charge in [-0.25, -0.2) is 0 Å². The van der Waals surface area contributed by atoms with E-state index < -0.39 is 0 Å². The minimum Gasteiger partial charge on any atom is -0.462 e. The van der Waals surface area contributed by atoms with Crippen molar-refractivity contribution in [1.82, 2.24) is 0 Å². The fourth-order valence-corrected chi connectivity index (χ4v) is 3.24. The van der Waals surface area contributed by atoms with Crippen LogP contribution in [-0.2, 0) is 9.53 Å². The van der Waals surface area contributed by atoms with Crippen LogP contribution >= 0.6 is 0 Å². The molecular weight excluding hydrogens is 200 g/mol. The SMILES string of the molecule is CC(C)C(=O)O[C@@H]1CC[C@H]2CCCC[C@@H]2C1. The molecule has 0 aromatic rings. The van der Waals surface area contributed by atoms with Crippen LogP contribution < -0.4 is 0 Å². The molecule has 2 saturated carbocycles. The maximum Gasteiger partial charge on any atom is 0.308 e. The van der Waals surface area contributed by atoms with E-state index in [0.717, 1.165) is 24.7 Å². The molecule has 0 spiro atoms. The molecule has 16 heavy (non-hydrogen) atoms. The van der Waals surface area contributed by atoms with Gasteiger partial charge in [-0.2, -0.15) is 0 Å². The van der Waals surface area contributed by atoms with Gasteiger partial charge in [-0.15, -0.1) is 0 Å². The predicted molar refractivity (Wildman–Crippen MR) is 64.0 cm³/mol. The number of ether oxygens (including phenoxy) is 1. The molecule has 0 heterocycles. The van der Waals surface area contributed by atoms with E-state index in [1.165, 1.54) is 32.1 Å². The van der Waals surface area contributed by atoms with Gasteiger partial charge in [-0.05, 0) is 31.1 Å². The molecule has 0 N–H and O–H groups in total. The maximum atomic E-state index is 11.5. The minimum atomic E-state index is -0.0146. The summed E-state index contributed by atoms with van der Waals surface area (Å²) in [5, 5.41) is 0. The van der Waals surface area contributed by atoms with Crippen LogP contribution in [0.2, 0.25) is 0 Å². The van der Waals surface area contributed by atoms with Gasteiger partial charge in [0.25, 0.3) is 0 Å². The van der Waals surface area contributed by atoms with Gasteiger partial charge in [0.15, 0.2) is 0 Å². The molecule has 0 aromatic carbocycles. The van der Waals surface area contributed by atoms with Gasteiger partial charge in [0, 0.05) is 0 Å². The lowest BCUT2D eigenvalue weighted by Crippen LogP contribution is -2.33. The number of hydrogen-bond donors (Lipinski definition) is 0. The molecule has 0 saturated heterocycles. The van der Waals surface area contributed by atoms with Gasteiger partial charge in [-0.1, -0.05) is 39.5 Å². The Morgan fingerprint density at radius 1 is 1.06 bits per heavy atom. The predicted octanol–water partition coefficient (Wildman–Crippen LogP) is 3.54. The Balaban J connectivity index is 1.83. The number of hydrogen-bond acceptors (Lipinski definition) is 2. The molecule has 0 aliphatic heterocycles. The maximum absolute atomic E-state index is 11.5. The quantitative estimate of drug-likeness (QED) is 0.671. The van der Waals surface area contributed by atoms with Crippen molar-refractivity contribution in [2.45, 2.75) is 64.9 Å². The number of carbonyl (C=O) groups is 1. The second-order valence-electron chi connectivity index (χ2n) is 5.83. The second-order valence-corrected chi connectivity index (χ2v) is 5.83. The number of esters is 1. The molecule has 0 amide bonds. The van der Waals surface area contributed by atoms with Crippen molar-refractivity contribution in [2.75, 3.05) is 0 Å². The molecule has 2 heteroatoms. The summed E-state index contributed by atoms with van der Waals surface area (Å²) in [6.07, 6.45) is 9.29. The van der Waals surface area contributed by atoms with E-state index in [2.05, 4.69) is 0 Å². The van der Waals surface area contributed by atoms with Crippen molar-refractivity contribution in [1.29, 1.82) is 0 Å². The molecule has 0 aromatic heterocycles. The number of rotatable bonds is 2. The largest absolute Gasteiger partial charge is 0.462 e. The van der Waals surface area contributed by atoms with Crippen LogP contribution in [-0.4, -0.2) is 12.1 Å². The molecule has 3 atom stereocenters. The summed E-state index contributed by atoms with van der Waals surface area (Å²) in [6, 6.07) is 0. The monoisotopic (exact) mass is 224 g/mol. The zero-order chi connectivity index (χ0) is 11.5. The van der Waals surface area contributed by atoms with Crippen LogP contribution in [0, 0.1) is 17.8 Å². The lowest BCUT2D eigenvalue weighted by Gasteiger charge is -2.39. The lowest BCUT2D eigenvalue weighted by molar-refractivity contribution is -0.156. The smallest absolute Gasteiger partial charge is 0.308 e. The third-order valence-corrected chi connectivity index (χ3v) is 4.25. The third-order valence-electron chi connectivity index (χ3n) is 4.25. The third kappa shape index (κ3) is 2.78. The molecule has 2 aliphatic rings. The van der Waals surface area contributed by atoms with E-state index in [-0.39, 0.29) is 18.0 Å². The van der Waals surface area contributed by atoms with E-state index in [9.17, 15) is 4.79 Å². The Morgan fingerprint density at radius 2 is 1.75 bits per heavy atom. The van der Waals surface area contributed by atoms with Crippen LogP contribution in [0.15, 0.2) is 0 Å². The van der Waals surface area contributed by atoms with Crippen LogP contribution in [0.5, 0.6) is 0 Å². The van der Waals surface area contributed by atoms with E-state index in [1.54, 1.807) is 0 Å². The number of fused-ring (bicyclic) bond motifs is 1. The van der Waals surface area contributed by atoms with Crippen LogP contribution in [0.4, 0.5) is 0 Å². The molecule has 2 fully saturated rings. The zero-order valence-corrected chi connectivity index (χ0v) is 10.6. The van der Waals surface area contributed by atoms with Crippen molar-refractivity contribution < 1.29 is 9.53 Å². The Labute approximate surface area is 98.7 Å². The first-order valence-corrected chi connectivity index (χ1v) is 6.87. The van der Waals surface area contributed by atoms with Crippen molar-refractivity contribution in [3.8, 4) is 0 Å². The first-order valence-electron chi connectivity index (χ1n) is 6.87. The highest BCUT2D eigenvalue weighted by Gasteiger charge is 2.33. The highest BCUT2D eigenvalue weighted by molar-refractivity contribution is 5.71. The Morgan fingerprint density at radius 3 is 2.44 bits per heavy atom. The fourth-order valence-electron chi connectivity index (χ4n) is 3.24. The summed E-state index contributed by atoms with van der Waals surface area (Å²) in [4.78, 5) is 11.5. The van der Waals surface area contributed by atoms with Gasteiger partial charge in [0.05, 0.1) is 5.92 Å². The highest BCUT2D eigenvalue weighted by Crippen LogP contribution is 2.41. The van der Waals surface area contributed by atoms with E-state index in [0.29, 0.717) is 0 Å². The average molecular weight is 224 g/mol. The average Bonchev–Trinajstić information content (AvgIpc) is 2.28. The van der Waals surface area contributed by atoms with Crippen molar-refractivity contribution >= 4 is 5.97 Å². The Hall–Kier alpha value is -0.530. The summed E-state index contributed by atoms with van der Waals surface area (Å²) >= 11 is 0. The zero-order valence-electron chi connectivity index (χ0n) is 10.6. The topological polar surface area (TPSA) is 26.3 Å². The molecule has 2 aliphatic carbocycles. The molecule has 0 radical (unpaired) electrons. The van der Waals surface area contributed by atoms with Crippen molar-refractivity contribution in [2.24, 2.45) is 17.8 Å². The molecule has 0 bridgehead atoms. The summed E-state index contributed by atoms with van der Waals surface area (Å²) in [5.41, 5.74) is 0. The van der Waals surface area contributed by atoms with Gasteiger partial charge in [-0.3, -0.25) is 4.79 Å². The molecule has 0 unspecified atom stereocenters. The van der Waals surface area contributed by atoms with Gasteiger partial charge in [0.2, 0.25) is 0 Å².